The van der Waals surface area contributed by atoms with Gasteiger partial charge in [0.05, 0.1) is 12.3 Å². The molecule has 0 radical (unpaired) electrons. The second-order valence-corrected chi connectivity index (χ2v) is 7.73. The molecular weight excluding hydrogens is 332 g/mol. The Balaban J connectivity index is 1.52. The first-order valence-electron chi connectivity index (χ1n) is 8.87. The van der Waals surface area contributed by atoms with E-state index in [1.165, 1.54) is 0 Å². The zero-order chi connectivity index (χ0) is 17.2. The fourth-order valence-corrected chi connectivity index (χ4v) is 4.92. The lowest BCUT2D eigenvalue weighted by atomic mass is 10.0. The third-order valence-electron chi connectivity index (χ3n) is 5.13. The largest absolute Gasteiger partial charge is 0.341 e. The standard InChI is InChI=1S/C20H22N2O2S/c23-19(12-16-8-5-7-15-6-1-2-9-17(15)16)22-14-25-13-18(22)20(24)21-10-3-4-11-21/h1-2,5-9,18H,3-4,10-14H2/t18-/m0/s1. The van der Waals surface area contributed by atoms with Gasteiger partial charge >= 0.3 is 0 Å². The van der Waals surface area contributed by atoms with E-state index in [0.717, 1.165) is 48.0 Å². The maximum Gasteiger partial charge on any atom is 0.246 e. The number of carbonyl (C=O) groups is 2. The molecule has 0 spiro atoms. The van der Waals surface area contributed by atoms with Crippen molar-refractivity contribution < 1.29 is 9.59 Å². The van der Waals surface area contributed by atoms with Crippen LogP contribution in [0.15, 0.2) is 42.5 Å². The molecule has 2 amide bonds. The average molecular weight is 354 g/mol. The van der Waals surface area contributed by atoms with Crippen LogP contribution in [0.4, 0.5) is 0 Å². The minimum Gasteiger partial charge on any atom is -0.341 e. The highest BCUT2D eigenvalue weighted by atomic mass is 32.2. The Kier molecular flexibility index (Phi) is 4.66. The Hall–Kier alpha value is -2.01. The van der Waals surface area contributed by atoms with Gasteiger partial charge in [-0.1, -0.05) is 42.5 Å². The number of thioether (sulfide) groups is 1. The number of carbonyl (C=O) groups excluding carboxylic acids is 2. The summed E-state index contributed by atoms with van der Waals surface area (Å²) in [5, 5.41) is 2.26. The molecule has 2 aromatic rings. The summed E-state index contributed by atoms with van der Waals surface area (Å²) in [6, 6.07) is 13.9. The van der Waals surface area contributed by atoms with Crippen molar-refractivity contribution in [2.75, 3.05) is 24.7 Å². The van der Waals surface area contributed by atoms with Crippen molar-refractivity contribution in [3.63, 3.8) is 0 Å². The van der Waals surface area contributed by atoms with Crippen molar-refractivity contribution in [1.29, 1.82) is 0 Å². The molecule has 0 aromatic heterocycles. The lowest BCUT2D eigenvalue weighted by molar-refractivity contribution is -0.142. The summed E-state index contributed by atoms with van der Waals surface area (Å²) in [5.74, 6) is 1.53. The predicted molar refractivity (Wildman–Crippen MR) is 101 cm³/mol. The summed E-state index contributed by atoms with van der Waals surface area (Å²) in [6.45, 7) is 1.68. The van der Waals surface area contributed by atoms with Gasteiger partial charge in [0.2, 0.25) is 11.8 Å². The molecule has 4 rings (SSSR count). The highest BCUT2D eigenvalue weighted by Gasteiger charge is 2.37. The fourth-order valence-electron chi connectivity index (χ4n) is 3.75. The van der Waals surface area contributed by atoms with Crippen LogP contribution in [0.5, 0.6) is 0 Å². The second kappa shape index (κ2) is 7.08. The summed E-state index contributed by atoms with van der Waals surface area (Å²) >= 11 is 1.68. The third kappa shape index (κ3) is 3.25. The van der Waals surface area contributed by atoms with Crippen LogP contribution in [0.25, 0.3) is 10.8 Å². The van der Waals surface area contributed by atoms with Crippen molar-refractivity contribution >= 4 is 34.3 Å². The van der Waals surface area contributed by atoms with E-state index in [2.05, 4.69) is 18.2 Å². The Morgan fingerprint density at radius 3 is 2.64 bits per heavy atom. The molecule has 0 aliphatic carbocycles. The number of benzene rings is 2. The van der Waals surface area contributed by atoms with Crippen LogP contribution < -0.4 is 0 Å². The summed E-state index contributed by atoms with van der Waals surface area (Å²) in [7, 11) is 0. The van der Waals surface area contributed by atoms with Gasteiger partial charge in [-0.15, -0.1) is 11.8 Å². The molecule has 0 unspecified atom stereocenters. The average Bonchev–Trinajstić information content (AvgIpc) is 3.33. The Morgan fingerprint density at radius 1 is 1.04 bits per heavy atom. The van der Waals surface area contributed by atoms with Crippen LogP contribution in [0.1, 0.15) is 18.4 Å². The van der Waals surface area contributed by atoms with Crippen LogP contribution in [-0.4, -0.2) is 52.4 Å². The number of rotatable bonds is 3. The van der Waals surface area contributed by atoms with E-state index in [4.69, 9.17) is 0 Å². The summed E-state index contributed by atoms with van der Waals surface area (Å²) in [5.41, 5.74) is 1.03. The van der Waals surface area contributed by atoms with Crippen LogP contribution in [-0.2, 0) is 16.0 Å². The van der Waals surface area contributed by atoms with Crippen LogP contribution in [0, 0.1) is 0 Å². The molecule has 5 heteroatoms. The smallest absolute Gasteiger partial charge is 0.246 e. The monoisotopic (exact) mass is 354 g/mol. The number of hydrogen-bond donors (Lipinski definition) is 0. The molecule has 1 atom stereocenters. The van der Waals surface area contributed by atoms with Gasteiger partial charge in [-0.05, 0) is 29.2 Å². The molecule has 2 fully saturated rings. The first-order valence-corrected chi connectivity index (χ1v) is 10.0. The van der Waals surface area contributed by atoms with Crippen LogP contribution in [0.3, 0.4) is 0 Å². The van der Waals surface area contributed by atoms with E-state index in [1.807, 2.05) is 29.2 Å². The van der Waals surface area contributed by atoms with E-state index < -0.39 is 0 Å². The van der Waals surface area contributed by atoms with Gasteiger partial charge in [0.15, 0.2) is 0 Å². The van der Waals surface area contributed by atoms with Crippen LogP contribution in [0.2, 0.25) is 0 Å². The van der Waals surface area contributed by atoms with Gasteiger partial charge in [-0.3, -0.25) is 9.59 Å². The van der Waals surface area contributed by atoms with E-state index in [1.54, 1.807) is 16.7 Å². The first-order chi connectivity index (χ1) is 12.2. The number of hydrogen-bond acceptors (Lipinski definition) is 3. The molecule has 2 aromatic carbocycles. The molecule has 2 aliphatic rings. The number of fused-ring (bicyclic) bond motifs is 1. The topological polar surface area (TPSA) is 40.6 Å². The van der Waals surface area contributed by atoms with Crippen LogP contribution >= 0.6 is 11.8 Å². The molecule has 0 bridgehead atoms. The highest BCUT2D eigenvalue weighted by Crippen LogP contribution is 2.26. The van der Waals surface area contributed by atoms with E-state index in [9.17, 15) is 9.59 Å². The molecule has 130 valence electrons. The quantitative estimate of drug-likeness (QED) is 0.851. The molecule has 2 saturated heterocycles. The lowest BCUT2D eigenvalue weighted by Crippen LogP contribution is -2.48. The Bertz CT molecular complexity index is 796. The maximum atomic E-state index is 12.9. The molecular formula is C20H22N2O2S. The maximum absolute atomic E-state index is 12.9. The second-order valence-electron chi connectivity index (χ2n) is 6.73. The van der Waals surface area contributed by atoms with E-state index in [0.29, 0.717) is 12.3 Å². The van der Waals surface area contributed by atoms with Crippen molar-refractivity contribution in [3.05, 3.63) is 48.0 Å². The predicted octanol–water partition coefficient (Wildman–Crippen LogP) is 2.91. The molecule has 0 saturated carbocycles. The zero-order valence-electron chi connectivity index (χ0n) is 14.2. The van der Waals surface area contributed by atoms with Gasteiger partial charge in [0, 0.05) is 18.8 Å². The first kappa shape index (κ1) is 16.5. The Morgan fingerprint density at radius 2 is 1.80 bits per heavy atom. The molecule has 0 N–H and O–H groups in total. The highest BCUT2D eigenvalue weighted by molar-refractivity contribution is 7.99. The number of likely N-dealkylation sites (tertiary alicyclic amines) is 1. The molecule has 2 aliphatic heterocycles. The lowest BCUT2D eigenvalue weighted by Gasteiger charge is -2.27. The molecule has 25 heavy (non-hydrogen) atoms. The Labute approximate surface area is 152 Å². The SMILES string of the molecule is O=C([C@@H]1CSCN1C(=O)Cc1cccc2ccccc12)N1CCCC1. The minimum atomic E-state index is -0.287. The van der Waals surface area contributed by atoms with Gasteiger partial charge in [-0.2, -0.15) is 0 Å². The number of amides is 2. The summed E-state index contributed by atoms with van der Waals surface area (Å²) in [6.07, 6.45) is 2.51. The summed E-state index contributed by atoms with van der Waals surface area (Å²) < 4.78 is 0. The fraction of sp³-hybridized carbons (Fsp3) is 0.400. The number of nitrogens with zero attached hydrogens (tertiary/aromatic N) is 2. The summed E-state index contributed by atoms with van der Waals surface area (Å²) in [4.78, 5) is 29.4. The molecule has 4 nitrogen and oxygen atoms in total. The van der Waals surface area contributed by atoms with Crippen molar-refractivity contribution in [3.8, 4) is 0 Å². The van der Waals surface area contributed by atoms with Crippen molar-refractivity contribution in [2.45, 2.75) is 25.3 Å². The third-order valence-corrected chi connectivity index (χ3v) is 6.14. The minimum absolute atomic E-state index is 0.0545. The van der Waals surface area contributed by atoms with Gasteiger partial charge in [-0.25, -0.2) is 0 Å². The van der Waals surface area contributed by atoms with E-state index in [-0.39, 0.29) is 17.9 Å². The van der Waals surface area contributed by atoms with Gasteiger partial charge in [0.1, 0.15) is 6.04 Å². The normalized spacial score (nSPS) is 20.4. The van der Waals surface area contributed by atoms with Crippen molar-refractivity contribution in [2.24, 2.45) is 0 Å². The molecule has 2 heterocycles. The van der Waals surface area contributed by atoms with Gasteiger partial charge < -0.3 is 9.80 Å². The van der Waals surface area contributed by atoms with E-state index >= 15 is 0 Å². The zero-order valence-corrected chi connectivity index (χ0v) is 15.0. The van der Waals surface area contributed by atoms with Crippen molar-refractivity contribution in [1.82, 2.24) is 9.80 Å². The van der Waals surface area contributed by atoms with Gasteiger partial charge in [0.25, 0.3) is 0 Å².